The Morgan fingerprint density at radius 1 is 1.36 bits per heavy atom. The van der Waals surface area contributed by atoms with E-state index in [1.807, 2.05) is 13.2 Å². The van der Waals surface area contributed by atoms with Crippen LogP contribution in [-0.4, -0.2) is 55.6 Å². The number of guanidine groups is 1. The first-order valence-corrected chi connectivity index (χ1v) is 9.00. The van der Waals surface area contributed by atoms with Gasteiger partial charge in [0, 0.05) is 50.2 Å². The first kappa shape index (κ1) is 18.9. The Bertz CT molecular complexity index is 443. The van der Waals surface area contributed by atoms with Crippen molar-refractivity contribution >= 4 is 17.3 Å². The van der Waals surface area contributed by atoms with Gasteiger partial charge in [0.2, 0.25) is 0 Å². The van der Waals surface area contributed by atoms with Crippen LogP contribution in [0.3, 0.4) is 0 Å². The fourth-order valence-corrected chi connectivity index (χ4v) is 2.88. The molecule has 0 aliphatic heterocycles. The van der Waals surface area contributed by atoms with Crippen LogP contribution in [0.2, 0.25) is 0 Å². The van der Waals surface area contributed by atoms with Crippen molar-refractivity contribution in [2.24, 2.45) is 4.99 Å². The molecule has 0 aromatic carbocycles. The Balaban J connectivity index is 2.22. The summed E-state index contributed by atoms with van der Waals surface area (Å²) in [5.74, 6) is 0.866. The van der Waals surface area contributed by atoms with E-state index in [0.29, 0.717) is 6.04 Å². The summed E-state index contributed by atoms with van der Waals surface area (Å²) in [5.41, 5.74) is 0. The van der Waals surface area contributed by atoms with E-state index in [1.54, 1.807) is 11.3 Å². The second-order valence-electron chi connectivity index (χ2n) is 5.49. The Morgan fingerprint density at radius 3 is 2.68 bits per heavy atom. The third-order valence-corrected chi connectivity index (χ3v) is 5.11. The van der Waals surface area contributed by atoms with Crippen LogP contribution in [0.15, 0.2) is 11.2 Å². The van der Waals surface area contributed by atoms with Gasteiger partial charge >= 0.3 is 0 Å². The molecule has 126 valence electrons. The zero-order valence-electron chi connectivity index (χ0n) is 14.6. The average Bonchev–Trinajstić information content (AvgIpc) is 3.00. The van der Waals surface area contributed by atoms with E-state index < -0.39 is 0 Å². The summed E-state index contributed by atoms with van der Waals surface area (Å²) in [6, 6.07) is 0.620. The van der Waals surface area contributed by atoms with Gasteiger partial charge in [0.05, 0.1) is 5.01 Å². The molecule has 0 radical (unpaired) electrons. The molecule has 1 rings (SSSR count). The number of hydrogen-bond donors (Lipinski definition) is 2. The smallest absolute Gasteiger partial charge is 0.191 e. The summed E-state index contributed by atoms with van der Waals surface area (Å²) in [5, 5.41) is 7.90. The lowest BCUT2D eigenvalue weighted by molar-refractivity contribution is 0.255. The molecule has 1 heterocycles. The van der Waals surface area contributed by atoms with Gasteiger partial charge in [-0.2, -0.15) is 0 Å². The van der Waals surface area contributed by atoms with Gasteiger partial charge in [0.1, 0.15) is 0 Å². The van der Waals surface area contributed by atoms with E-state index in [1.165, 1.54) is 16.3 Å². The van der Waals surface area contributed by atoms with Gasteiger partial charge in [0.15, 0.2) is 5.96 Å². The molecule has 0 saturated heterocycles. The Labute approximate surface area is 139 Å². The van der Waals surface area contributed by atoms with E-state index in [2.05, 4.69) is 53.3 Å². The van der Waals surface area contributed by atoms with Crippen molar-refractivity contribution in [1.29, 1.82) is 0 Å². The maximum atomic E-state index is 4.44. The van der Waals surface area contributed by atoms with Crippen molar-refractivity contribution < 1.29 is 0 Å². The van der Waals surface area contributed by atoms with Gasteiger partial charge in [-0.15, -0.1) is 11.3 Å². The molecular formula is C16H31N5S. The van der Waals surface area contributed by atoms with Crippen LogP contribution in [0.5, 0.6) is 0 Å². The average molecular weight is 326 g/mol. The molecule has 2 N–H and O–H groups in total. The number of nitrogens with one attached hydrogen (secondary N) is 2. The van der Waals surface area contributed by atoms with E-state index in [0.717, 1.165) is 38.4 Å². The summed E-state index contributed by atoms with van der Waals surface area (Å²) in [6.07, 6.45) is 5.17. The maximum absolute atomic E-state index is 4.44. The summed E-state index contributed by atoms with van der Waals surface area (Å²) in [6.45, 7) is 9.42. The van der Waals surface area contributed by atoms with Crippen molar-refractivity contribution in [2.45, 2.75) is 46.1 Å². The van der Waals surface area contributed by atoms with Gasteiger partial charge in [-0.1, -0.05) is 13.8 Å². The van der Waals surface area contributed by atoms with Gasteiger partial charge < -0.3 is 15.5 Å². The van der Waals surface area contributed by atoms with E-state index in [4.69, 9.17) is 0 Å². The van der Waals surface area contributed by atoms with Crippen LogP contribution in [0, 0.1) is 0 Å². The van der Waals surface area contributed by atoms with Crippen molar-refractivity contribution in [3.63, 3.8) is 0 Å². The number of hydrogen-bond acceptors (Lipinski definition) is 4. The molecule has 0 aliphatic rings. The number of aromatic nitrogens is 1. The van der Waals surface area contributed by atoms with Crippen LogP contribution in [0.25, 0.3) is 0 Å². The Kier molecular flexibility index (Phi) is 9.08. The molecule has 0 aliphatic carbocycles. The second-order valence-corrected chi connectivity index (χ2v) is 6.69. The molecule has 0 bridgehead atoms. The molecule has 0 amide bonds. The number of rotatable bonds is 9. The van der Waals surface area contributed by atoms with Crippen LogP contribution in [0.1, 0.15) is 37.1 Å². The highest BCUT2D eigenvalue weighted by Crippen LogP contribution is 2.13. The fourth-order valence-electron chi connectivity index (χ4n) is 2.02. The third-order valence-electron chi connectivity index (χ3n) is 3.91. The monoisotopic (exact) mass is 325 g/mol. The molecule has 1 unspecified atom stereocenters. The van der Waals surface area contributed by atoms with Crippen LogP contribution in [0.4, 0.5) is 0 Å². The van der Waals surface area contributed by atoms with Crippen molar-refractivity contribution in [3.05, 3.63) is 16.1 Å². The predicted molar refractivity (Wildman–Crippen MR) is 96.9 cm³/mol. The first-order chi connectivity index (χ1) is 10.6. The standard InChI is InChI=1S/C16H31N5S/c1-6-13(3)21(5)11-10-19-16(17-4)18-9-8-15-20-12-14(7-2)22-15/h12-13H,6-11H2,1-5H3,(H2,17,18,19). The molecule has 0 saturated carbocycles. The number of thiazole rings is 1. The molecule has 5 nitrogen and oxygen atoms in total. The molecule has 22 heavy (non-hydrogen) atoms. The minimum absolute atomic E-state index is 0.620. The van der Waals surface area contributed by atoms with E-state index >= 15 is 0 Å². The summed E-state index contributed by atoms with van der Waals surface area (Å²) in [7, 11) is 3.98. The van der Waals surface area contributed by atoms with E-state index in [-0.39, 0.29) is 0 Å². The lowest BCUT2D eigenvalue weighted by Crippen LogP contribution is -2.42. The lowest BCUT2D eigenvalue weighted by atomic mass is 10.2. The largest absolute Gasteiger partial charge is 0.356 e. The molecule has 0 spiro atoms. The lowest BCUT2D eigenvalue weighted by Gasteiger charge is -2.23. The van der Waals surface area contributed by atoms with Crippen LogP contribution in [-0.2, 0) is 12.8 Å². The van der Waals surface area contributed by atoms with Gasteiger partial charge in [-0.05, 0) is 26.8 Å². The van der Waals surface area contributed by atoms with Gasteiger partial charge in [-0.3, -0.25) is 4.99 Å². The SMILES string of the molecule is CCc1cnc(CCNC(=NC)NCCN(C)C(C)CC)s1. The fraction of sp³-hybridized carbons (Fsp3) is 0.750. The van der Waals surface area contributed by atoms with Crippen molar-refractivity contribution in [2.75, 3.05) is 33.7 Å². The summed E-state index contributed by atoms with van der Waals surface area (Å²) >= 11 is 1.80. The number of aryl methyl sites for hydroxylation is 1. The minimum atomic E-state index is 0.620. The highest BCUT2D eigenvalue weighted by Gasteiger charge is 2.06. The van der Waals surface area contributed by atoms with Crippen LogP contribution >= 0.6 is 11.3 Å². The number of aliphatic imine (C=N–C) groups is 1. The predicted octanol–water partition coefficient (Wildman–Crippen LogP) is 2.14. The Hall–Kier alpha value is -1.14. The number of likely N-dealkylation sites (N-methyl/N-ethyl adjacent to an activating group) is 1. The minimum Gasteiger partial charge on any atom is -0.356 e. The van der Waals surface area contributed by atoms with E-state index in [9.17, 15) is 0 Å². The molecule has 6 heteroatoms. The zero-order chi connectivity index (χ0) is 16.4. The van der Waals surface area contributed by atoms with Crippen molar-refractivity contribution in [1.82, 2.24) is 20.5 Å². The highest BCUT2D eigenvalue weighted by molar-refractivity contribution is 7.11. The Morgan fingerprint density at radius 2 is 2.09 bits per heavy atom. The zero-order valence-corrected chi connectivity index (χ0v) is 15.5. The van der Waals surface area contributed by atoms with Crippen molar-refractivity contribution in [3.8, 4) is 0 Å². The summed E-state index contributed by atoms with van der Waals surface area (Å²) < 4.78 is 0. The quantitative estimate of drug-likeness (QED) is 0.539. The molecule has 1 atom stereocenters. The summed E-state index contributed by atoms with van der Waals surface area (Å²) in [4.78, 5) is 12.4. The highest BCUT2D eigenvalue weighted by atomic mass is 32.1. The first-order valence-electron chi connectivity index (χ1n) is 8.19. The maximum Gasteiger partial charge on any atom is 0.191 e. The molecule has 1 aromatic heterocycles. The molecular weight excluding hydrogens is 294 g/mol. The van der Waals surface area contributed by atoms with Crippen LogP contribution < -0.4 is 10.6 Å². The molecule has 1 aromatic rings. The second kappa shape index (κ2) is 10.6. The molecule has 0 fully saturated rings. The number of nitrogens with zero attached hydrogens (tertiary/aromatic N) is 3. The normalized spacial score (nSPS) is 13.5. The topological polar surface area (TPSA) is 52.6 Å². The van der Waals surface area contributed by atoms with Gasteiger partial charge in [-0.25, -0.2) is 4.98 Å². The van der Waals surface area contributed by atoms with Gasteiger partial charge in [0.25, 0.3) is 0 Å². The third kappa shape index (κ3) is 6.75.